The number of benzene rings is 2. The van der Waals surface area contributed by atoms with Gasteiger partial charge < -0.3 is 24.4 Å². The summed E-state index contributed by atoms with van der Waals surface area (Å²) in [7, 11) is 3.27. The summed E-state index contributed by atoms with van der Waals surface area (Å²) in [6.07, 6.45) is 1.03. The van der Waals surface area contributed by atoms with E-state index in [1.54, 1.807) is 26.4 Å². The van der Waals surface area contributed by atoms with Crippen LogP contribution in [0.1, 0.15) is 6.42 Å². The van der Waals surface area contributed by atoms with Gasteiger partial charge in [-0.1, -0.05) is 24.3 Å². The van der Waals surface area contributed by atoms with E-state index in [1.165, 1.54) is 0 Å². The summed E-state index contributed by atoms with van der Waals surface area (Å²) in [5, 5.41) is 2.97. The number of ether oxygens (including phenoxy) is 3. The molecule has 0 bridgehead atoms. The molecule has 0 radical (unpaired) electrons. The number of amides is 1. The average Bonchev–Trinajstić information content (AvgIpc) is 3.19. The monoisotopic (exact) mass is 370 g/mol. The smallest absolute Gasteiger partial charge is 0.257 e. The Kier molecular flexibility index (Phi) is 6.41. The van der Waals surface area contributed by atoms with Crippen LogP contribution in [-0.4, -0.2) is 46.4 Å². The number of carbonyl (C=O) groups excluding carboxylic acids is 1. The zero-order chi connectivity index (χ0) is 19.1. The predicted molar refractivity (Wildman–Crippen MR) is 105 cm³/mol. The van der Waals surface area contributed by atoms with Crippen molar-refractivity contribution in [1.82, 2.24) is 5.32 Å². The van der Waals surface area contributed by atoms with Crippen molar-refractivity contribution in [2.45, 2.75) is 6.42 Å². The fraction of sp³-hybridized carbons (Fsp3) is 0.381. The predicted octanol–water partition coefficient (Wildman–Crippen LogP) is 2.73. The van der Waals surface area contributed by atoms with Crippen molar-refractivity contribution in [3.63, 3.8) is 0 Å². The molecule has 3 rings (SSSR count). The Hall–Kier alpha value is -2.89. The highest BCUT2D eigenvalue weighted by atomic mass is 16.5. The van der Waals surface area contributed by atoms with Crippen LogP contribution in [-0.2, 0) is 4.79 Å². The van der Waals surface area contributed by atoms with Gasteiger partial charge in [0, 0.05) is 19.6 Å². The molecule has 0 aromatic heterocycles. The van der Waals surface area contributed by atoms with Crippen LogP contribution in [0.2, 0.25) is 0 Å². The molecule has 6 nitrogen and oxygen atoms in total. The Bertz CT molecular complexity index is 765. The summed E-state index contributed by atoms with van der Waals surface area (Å²) < 4.78 is 16.2. The van der Waals surface area contributed by atoms with Crippen molar-refractivity contribution in [2.75, 3.05) is 45.4 Å². The van der Waals surface area contributed by atoms with Gasteiger partial charge >= 0.3 is 0 Å². The highest BCUT2D eigenvalue weighted by Gasteiger charge is 2.24. The van der Waals surface area contributed by atoms with Gasteiger partial charge in [0.2, 0.25) is 0 Å². The topological polar surface area (TPSA) is 60.0 Å². The van der Waals surface area contributed by atoms with Crippen LogP contribution in [0.25, 0.3) is 0 Å². The van der Waals surface area contributed by atoms with Crippen molar-refractivity contribution >= 4 is 11.6 Å². The first-order valence-electron chi connectivity index (χ1n) is 9.11. The van der Waals surface area contributed by atoms with E-state index in [-0.39, 0.29) is 12.5 Å². The van der Waals surface area contributed by atoms with Crippen LogP contribution in [0.5, 0.6) is 17.2 Å². The number of anilines is 1. The highest BCUT2D eigenvalue weighted by Crippen LogP contribution is 2.31. The fourth-order valence-corrected chi connectivity index (χ4v) is 3.30. The van der Waals surface area contributed by atoms with E-state index in [0.717, 1.165) is 30.9 Å². The molecule has 1 fully saturated rings. The number of para-hydroxylation sites is 4. The van der Waals surface area contributed by atoms with Crippen LogP contribution in [0.3, 0.4) is 0 Å². The van der Waals surface area contributed by atoms with Crippen molar-refractivity contribution in [3.05, 3.63) is 48.5 Å². The van der Waals surface area contributed by atoms with Crippen molar-refractivity contribution in [3.8, 4) is 17.2 Å². The number of hydrogen-bond donors (Lipinski definition) is 1. The number of rotatable bonds is 8. The summed E-state index contributed by atoms with van der Waals surface area (Å²) in [6.45, 7) is 2.47. The molecule has 0 saturated carbocycles. The van der Waals surface area contributed by atoms with Gasteiger partial charge in [0.15, 0.2) is 18.1 Å². The Balaban J connectivity index is 1.45. The molecule has 0 spiro atoms. The number of methoxy groups -OCH3 is 2. The molecule has 144 valence electrons. The van der Waals surface area contributed by atoms with Crippen molar-refractivity contribution in [1.29, 1.82) is 0 Å². The molecule has 2 aromatic carbocycles. The second-order valence-corrected chi connectivity index (χ2v) is 6.52. The number of nitrogens with one attached hydrogen (secondary N) is 1. The van der Waals surface area contributed by atoms with E-state index in [9.17, 15) is 4.79 Å². The first-order chi connectivity index (χ1) is 13.2. The molecule has 2 aromatic rings. The van der Waals surface area contributed by atoms with Crippen LogP contribution in [0, 0.1) is 5.92 Å². The van der Waals surface area contributed by atoms with Crippen LogP contribution < -0.4 is 24.4 Å². The molecule has 1 N–H and O–H groups in total. The second kappa shape index (κ2) is 9.16. The molecule has 1 amide bonds. The molecular formula is C21H26N2O4. The second-order valence-electron chi connectivity index (χ2n) is 6.52. The summed E-state index contributed by atoms with van der Waals surface area (Å²) in [5.74, 6) is 2.35. The van der Waals surface area contributed by atoms with E-state index < -0.39 is 0 Å². The van der Waals surface area contributed by atoms with E-state index >= 15 is 0 Å². The fourth-order valence-electron chi connectivity index (χ4n) is 3.30. The lowest BCUT2D eigenvalue weighted by molar-refractivity contribution is -0.123. The first-order valence-corrected chi connectivity index (χ1v) is 9.11. The molecule has 1 atom stereocenters. The lowest BCUT2D eigenvalue weighted by Crippen LogP contribution is -2.34. The molecular weight excluding hydrogens is 344 g/mol. The third-order valence-electron chi connectivity index (χ3n) is 4.73. The van der Waals surface area contributed by atoms with Gasteiger partial charge in [0.25, 0.3) is 5.91 Å². The van der Waals surface area contributed by atoms with Crippen molar-refractivity contribution in [2.24, 2.45) is 5.92 Å². The van der Waals surface area contributed by atoms with Gasteiger partial charge in [0.1, 0.15) is 5.75 Å². The highest BCUT2D eigenvalue weighted by molar-refractivity contribution is 5.77. The average molecular weight is 370 g/mol. The zero-order valence-corrected chi connectivity index (χ0v) is 15.8. The summed E-state index contributed by atoms with van der Waals surface area (Å²) in [4.78, 5) is 14.4. The zero-order valence-electron chi connectivity index (χ0n) is 15.8. The largest absolute Gasteiger partial charge is 0.495 e. The van der Waals surface area contributed by atoms with Gasteiger partial charge in [-0.25, -0.2) is 0 Å². The molecule has 1 aliphatic rings. The van der Waals surface area contributed by atoms with Crippen LogP contribution in [0.4, 0.5) is 5.69 Å². The molecule has 27 heavy (non-hydrogen) atoms. The van der Waals surface area contributed by atoms with E-state index in [4.69, 9.17) is 14.2 Å². The van der Waals surface area contributed by atoms with Gasteiger partial charge in [-0.3, -0.25) is 4.79 Å². The van der Waals surface area contributed by atoms with Crippen LogP contribution in [0.15, 0.2) is 48.5 Å². The number of carbonyl (C=O) groups is 1. The first kappa shape index (κ1) is 18.9. The minimum atomic E-state index is -0.128. The van der Waals surface area contributed by atoms with Crippen molar-refractivity contribution < 1.29 is 19.0 Å². The maximum atomic E-state index is 12.1. The Labute approximate surface area is 160 Å². The standard InChI is InChI=1S/C21H26N2O4/c1-25-18-8-4-3-7-17(18)23-12-11-16(14-23)13-22-21(24)15-27-20-10-6-5-9-19(20)26-2/h3-10,16H,11-15H2,1-2H3,(H,22,24)/t16-/m1/s1. The van der Waals surface area contributed by atoms with Crippen LogP contribution >= 0.6 is 0 Å². The number of hydrogen-bond acceptors (Lipinski definition) is 5. The molecule has 1 aliphatic heterocycles. The number of nitrogens with zero attached hydrogens (tertiary/aromatic N) is 1. The van der Waals surface area contributed by atoms with Gasteiger partial charge in [-0.2, -0.15) is 0 Å². The summed E-state index contributed by atoms with van der Waals surface area (Å²) >= 11 is 0. The summed E-state index contributed by atoms with van der Waals surface area (Å²) in [5.41, 5.74) is 1.10. The third-order valence-corrected chi connectivity index (χ3v) is 4.73. The molecule has 6 heteroatoms. The van der Waals surface area contributed by atoms with Gasteiger partial charge in [-0.15, -0.1) is 0 Å². The van der Waals surface area contributed by atoms with E-state index in [2.05, 4.69) is 16.3 Å². The molecule has 0 aliphatic carbocycles. The normalized spacial score (nSPS) is 16.1. The molecule has 1 saturated heterocycles. The minimum Gasteiger partial charge on any atom is -0.495 e. The quantitative estimate of drug-likeness (QED) is 0.774. The van der Waals surface area contributed by atoms with Gasteiger partial charge in [0.05, 0.1) is 19.9 Å². The maximum Gasteiger partial charge on any atom is 0.257 e. The lowest BCUT2D eigenvalue weighted by Gasteiger charge is -2.21. The Morgan fingerprint density at radius 1 is 1.04 bits per heavy atom. The van der Waals surface area contributed by atoms with Gasteiger partial charge in [-0.05, 0) is 36.6 Å². The van der Waals surface area contributed by atoms with E-state index in [1.807, 2.05) is 30.3 Å². The SMILES string of the molecule is COc1ccccc1OCC(=O)NC[C@H]1CCN(c2ccccc2OC)C1. The Morgan fingerprint density at radius 2 is 1.70 bits per heavy atom. The third kappa shape index (κ3) is 4.84. The molecule has 1 heterocycles. The Morgan fingerprint density at radius 3 is 2.44 bits per heavy atom. The summed E-state index contributed by atoms with van der Waals surface area (Å²) in [6, 6.07) is 15.3. The van der Waals surface area contributed by atoms with E-state index in [0.29, 0.717) is 24.0 Å². The maximum absolute atomic E-state index is 12.1. The lowest BCUT2D eigenvalue weighted by atomic mass is 10.1. The molecule has 0 unspecified atom stereocenters. The minimum absolute atomic E-state index is 0.0245.